The van der Waals surface area contributed by atoms with Crippen molar-refractivity contribution >= 4 is 5.96 Å². The van der Waals surface area contributed by atoms with Crippen LogP contribution in [0.25, 0.3) is 0 Å². The summed E-state index contributed by atoms with van der Waals surface area (Å²) in [5, 5.41) is 6.87. The lowest BCUT2D eigenvalue weighted by atomic mass is 10.1. The third-order valence-corrected chi connectivity index (χ3v) is 4.92. The Balaban J connectivity index is 1.76. The highest BCUT2D eigenvalue weighted by Gasteiger charge is 2.10. The summed E-state index contributed by atoms with van der Waals surface area (Å²) in [6.07, 6.45) is 2.28. The first-order valence-electron chi connectivity index (χ1n) is 11.2. The molecule has 1 aliphatic heterocycles. The predicted octanol–water partition coefficient (Wildman–Crippen LogP) is 3.45. The van der Waals surface area contributed by atoms with Gasteiger partial charge in [-0.05, 0) is 56.8 Å². The molecule has 6 heteroatoms. The molecule has 0 radical (unpaired) electrons. The van der Waals surface area contributed by atoms with E-state index >= 15 is 0 Å². The summed E-state index contributed by atoms with van der Waals surface area (Å²) in [6.45, 7) is 16.0. The van der Waals surface area contributed by atoms with E-state index < -0.39 is 0 Å². The molecule has 1 aliphatic rings. The molecule has 1 aromatic carbocycles. The molecule has 0 amide bonds. The molecule has 1 unspecified atom stereocenters. The van der Waals surface area contributed by atoms with E-state index in [-0.39, 0.29) is 6.04 Å². The number of guanidine groups is 1. The number of rotatable bonds is 11. The summed E-state index contributed by atoms with van der Waals surface area (Å²) >= 11 is 0. The zero-order valence-electron chi connectivity index (χ0n) is 18.7. The van der Waals surface area contributed by atoms with Crippen LogP contribution in [0.4, 0.5) is 0 Å². The second-order valence-electron chi connectivity index (χ2n) is 8.06. The third kappa shape index (κ3) is 9.50. The third-order valence-electron chi connectivity index (χ3n) is 4.92. The van der Waals surface area contributed by atoms with Gasteiger partial charge in [-0.2, -0.15) is 0 Å². The molecule has 2 rings (SSSR count). The second-order valence-corrected chi connectivity index (χ2v) is 8.06. The lowest BCUT2D eigenvalue weighted by molar-refractivity contribution is 0.0373. The predicted molar refractivity (Wildman–Crippen MR) is 121 cm³/mol. The first-order chi connectivity index (χ1) is 14.1. The van der Waals surface area contributed by atoms with Gasteiger partial charge in [0.25, 0.3) is 0 Å². The van der Waals surface area contributed by atoms with Crippen LogP contribution >= 0.6 is 0 Å². The zero-order valence-corrected chi connectivity index (χ0v) is 18.7. The van der Waals surface area contributed by atoms with Crippen molar-refractivity contribution in [1.82, 2.24) is 15.5 Å². The Morgan fingerprint density at radius 3 is 2.52 bits per heavy atom. The van der Waals surface area contributed by atoms with Crippen LogP contribution in [0.5, 0.6) is 5.75 Å². The van der Waals surface area contributed by atoms with E-state index in [0.717, 1.165) is 70.7 Å². The van der Waals surface area contributed by atoms with Gasteiger partial charge in [0.05, 0.1) is 25.9 Å². The summed E-state index contributed by atoms with van der Waals surface area (Å²) in [4.78, 5) is 7.23. The standard InChI is InChI=1S/C23H40N4O2/c1-5-24-23(25-12-6-7-13-27-14-16-28-17-15-27)26-20(4)21-8-10-22(11-9-21)29-18-19(2)3/h8-11,19-20H,5-7,12-18H2,1-4H3,(H2,24,25,26). The number of hydrogen-bond acceptors (Lipinski definition) is 4. The fourth-order valence-electron chi connectivity index (χ4n) is 3.19. The van der Waals surface area contributed by atoms with E-state index in [4.69, 9.17) is 14.5 Å². The second kappa shape index (κ2) is 13.4. The topological polar surface area (TPSA) is 58.1 Å². The summed E-state index contributed by atoms with van der Waals surface area (Å²) in [5.41, 5.74) is 1.22. The highest BCUT2D eigenvalue weighted by Crippen LogP contribution is 2.18. The number of nitrogens with one attached hydrogen (secondary N) is 2. The van der Waals surface area contributed by atoms with Gasteiger partial charge in [-0.1, -0.05) is 26.0 Å². The lowest BCUT2D eigenvalue weighted by Gasteiger charge is -2.26. The monoisotopic (exact) mass is 404 g/mol. The molecule has 0 saturated carbocycles. The molecule has 1 aromatic rings. The molecule has 1 saturated heterocycles. The van der Waals surface area contributed by atoms with Crippen LogP contribution < -0.4 is 15.4 Å². The van der Waals surface area contributed by atoms with Crippen molar-refractivity contribution in [3.05, 3.63) is 29.8 Å². The minimum absolute atomic E-state index is 0.181. The van der Waals surface area contributed by atoms with Gasteiger partial charge in [0.1, 0.15) is 5.75 Å². The SMILES string of the molecule is CCNC(=NCCCCN1CCOCC1)NC(C)c1ccc(OCC(C)C)cc1. The summed E-state index contributed by atoms with van der Waals surface area (Å²) in [7, 11) is 0. The quantitative estimate of drug-likeness (QED) is 0.336. The minimum atomic E-state index is 0.181. The van der Waals surface area contributed by atoms with Crippen LogP contribution in [0.15, 0.2) is 29.3 Å². The normalized spacial score (nSPS) is 16.7. The van der Waals surface area contributed by atoms with Gasteiger partial charge in [-0.15, -0.1) is 0 Å². The Kier molecular flexibility index (Phi) is 10.9. The van der Waals surface area contributed by atoms with Gasteiger partial charge in [-0.25, -0.2) is 0 Å². The number of hydrogen-bond donors (Lipinski definition) is 2. The maximum Gasteiger partial charge on any atom is 0.191 e. The summed E-state index contributed by atoms with van der Waals surface area (Å²) in [5.74, 6) is 2.34. The number of nitrogens with zero attached hydrogens (tertiary/aromatic N) is 2. The first-order valence-corrected chi connectivity index (χ1v) is 11.2. The molecular formula is C23H40N4O2. The molecule has 6 nitrogen and oxygen atoms in total. The fourth-order valence-corrected chi connectivity index (χ4v) is 3.19. The Hall–Kier alpha value is -1.79. The van der Waals surface area contributed by atoms with Gasteiger partial charge >= 0.3 is 0 Å². The van der Waals surface area contributed by atoms with Gasteiger partial charge in [0.2, 0.25) is 0 Å². The van der Waals surface area contributed by atoms with Crippen molar-refractivity contribution < 1.29 is 9.47 Å². The van der Waals surface area contributed by atoms with E-state index in [1.54, 1.807) is 0 Å². The van der Waals surface area contributed by atoms with Crippen LogP contribution in [0, 0.1) is 5.92 Å². The summed E-state index contributed by atoms with van der Waals surface area (Å²) in [6, 6.07) is 8.52. The van der Waals surface area contributed by atoms with E-state index in [0.29, 0.717) is 5.92 Å². The van der Waals surface area contributed by atoms with Crippen LogP contribution in [0.1, 0.15) is 52.1 Å². The molecule has 164 valence electrons. The van der Waals surface area contributed by atoms with Gasteiger partial charge in [0.15, 0.2) is 5.96 Å². The Labute approximate surface area is 177 Å². The van der Waals surface area contributed by atoms with E-state index in [2.05, 4.69) is 55.4 Å². The number of morpholine rings is 1. The molecule has 1 atom stereocenters. The maximum atomic E-state index is 5.77. The highest BCUT2D eigenvalue weighted by atomic mass is 16.5. The number of ether oxygens (including phenoxy) is 2. The first kappa shape index (κ1) is 23.5. The van der Waals surface area contributed by atoms with Crippen LogP contribution in [-0.2, 0) is 4.74 Å². The number of benzene rings is 1. The minimum Gasteiger partial charge on any atom is -0.493 e. The molecule has 0 aliphatic carbocycles. The molecule has 0 spiro atoms. The molecule has 0 bridgehead atoms. The fraction of sp³-hybridized carbons (Fsp3) is 0.696. The van der Waals surface area contributed by atoms with E-state index in [1.807, 2.05) is 12.1 Å². The molecule has 1 heterocycles. The van der Waals surface area contributed by atoms with Gasteiger partial charge in [0, 0.05) is 26.2 Å². The van der Waals surface area contributed by atoms with Crippen molar-refractivity contribution in [2.75, 3.05) is 52.5 Å². The van der Waals surface area contributed by atoms with Crippen LogP contribution in [0.3, 0.4) is 0 Å². The number of aliphatic imine (C=N–C) groups is 1. The smallest absolute Gasteiger partial charge is 0.191 e. The Bertz CT molecular complexity index is 583. The highest BCUT2D eigenvalue weighted by molar-refractivity contribution is 5.80. The van der Waals surface area contributed by atoms with E-state index in [9.17, 15) is 0 Å². The van der Waals surface area contributed by atoms with Gasteiger partial charge < -0.3 is 20.1 Å². The van der Waals surface area contributed by atoms with Crippen LogP contribution in [-0.4, -0.2) is 63.4 Å². The molecule has 29 heavy (non-hydrogen) atoms. The molecule has 1 fully saturated rings. The Morgan fingerprint density at radius 2 is 1.86 bits per heavy atom. The van der Waals surface area contributed by atoms with Crippen molar-refractivity contribution in [1.29, 1.82) is 0 Å². The largest absolute Gasteiger partial charge is 0.493 e. The van der Waals surface area contributed by atoms with Crippen molar-refractivity contribution in [3.63, 3.8) is 0 Å². The van der Waals surface area contributed by atoms with Crippen LogP contribution in [0.2, 0.25) is 0 Å². The van der Waals surface area contributed by atoms with Crippen molar-refractivity contribution in [2.24, 2.45) is 10.9 Å². The zero-order chi connectivity index (χ0) is 20.9. The van der Waals surface area contributed by atoms with Crippen molar-refractivity contribution in [3.8, 4) is 5.75 Å². The maximum absolute atomic E-state index is 5.77. The lowest BCUT2D eigenvalue weighted by Crippen LogP contribution is -2.39. The molecule has 2 N–H and O–H groups in total. The number of unbranched alkanes of at least 4 members (excludes halogenated alkanes) is 1. The Morgan fingerprint density at radius 1 is 1.14 bits per heavy atom. The molecule has 0 aromatic heterocycles. The molecular weight excluding hydrogens is 364 g/mol. The average molecular weight is 405 g/mol. The van der Waals surface area contributed by atoms with Gasteiger partial charge in [-0.3, -0.25) is 9.89 Å². The summed E-state index contributed by atoms with van der Waals surface area (Å²) < 4.78 is 11.2. The van der Waals surface area contributed by atoms with Crippen molar-refractivity contribution in [2.45, 2.75) is 46.6 Å². The van der Waals surface area contributed by atoms with E-state index in [1.165, 1.54) is 12.0 Å². The average Bonchev–Trinajstić information content (AvgIpc) is 2.73.